The van der Waals surface area contributed by atoms with Gasteiger partial charge in [0, 0.05) is 32.9 Å². The maximum atomic E-state index is 12.7. The van der Waals surface area contributed by atoms with Crippen LogP contribution < -0.4 is 4.74 Å². The number of hydrogen-bond donors (Lipinski definition) is 7. The molecule has 3 heterocycles. The lowest BCUT2D eigenvalue weighted by Gasteiger charge is -2.12. The summed E-state index contributed by atoms with van der Waals surface area (Å²) in [7, 11) is -29.5. The summed E-state index contributed by atoms with van der Waals surface area (Å²) in [6, 6.07) is 10.5. The van der Waals surface area contributed by atoms with Crippen LogP contribution in [-0.4, -0.2) is 127 Å². The van der Waals surface area contributed by atoms with Gasteiger partial charge in [-0.05, 0) is 86.5 Å². The molecule has 8 aromatic rings. The van der Waals surface area contributed by atoms with E-state index < -0.39 is 119 Å². The Balaban J connectivity index is 1.22. The van der Waals surface area contributed by atoms with Gasteiger partial charge < -0.3 is 9.84 Å². The van der Waals surface area contributed by atoms with Crippen LogP contribution in [0.1, 0.15) is 39.9 Å². The van der Waals surface area contributed by atoms with Gasteiger partial charge in [0.05, 0.1) is 60.0 Å². The van der Waals surface area contributed by atoms with Crippen molar-refractivity contribution in [1.29, 1.82) is 5.26 Å². The van der Waals surface area contributed by atoms with Crippen molar-refractivity contribution in [3.05, 3.63) is 81.9 Å². The first-order valence-electron chi connectivity index (χ1n) is 22.7. The predicted molar refractivity (Wildman–Crippen MR) is 299 cm³/mol. The minimum atomic E-state index is -5.35. The van der Waals surface area contributed by atoms with E-state index in [4.69, 9.17) is 16.3 Å². The maximum absolute atomic E-state index is 12.7. The Morgan fingerprint density at radius 1 is 0.690 bits per heavy atom. The van der Waals surface area contributed by atoms with Crippen LogP contribution in [0.4, 0.5) is 33.6 Å². The molecule has 8 rings (SSSR count). The first-order valence-corrected chi connectivity index (χ1v) is 33.9. The Bertz CT molecular complexity index is 5010. The molecule has 84 heavy (non-hydrogen) atoms. The summed E-state index contributed by atoms with van der Waals surface area (Å²) in [6.45, 7) is 2.54. The number of rotatable bonds is 21. The fourth-order valence-electron chi connectivity index (χ4n) is 7.94. The van der Waals surface area contributed by atoms with Crippen LogP contribution in [0.25, 0.3) is 37.7 Å². The van der Waals surface area contributed by atoms with Crippen LogP contribution in [0.3, 0.4) is 0 Å². The van der Waals surface area contributed by atoms with E-state index in [1.54, 1.807) is 0 Å². The molecule has 0 bridgehead atoms. The highest BCUT2D eigenvalue weighted by Crippen LogP contribution is 2.45. The number of thioether (sulfide) groups is 1. The molecule has 40 heteroatoms. The van der Waals surface area contributed by atoms with Crippen molar-refractivity contribution in [2.75, 3.05) is 23.9 Å². The van der Waals surface area contributed by atoms with Gasteiger partial charge in [0.1, 0.15) is 44.1 Å². The van der Waals surface area contributed by atoms with Crippen molar-refractivity contribution < 1.29 is 92.5 Å². The standard InChI is InChI=1S/C44H35ClN10O21S8/c1-20-9-31(51-53-38-21(2)27(18-46)42-47-33-13-24(82(67,68)69)12-28(45)40(33)55(42)43(38)57)34(76-5-3-7-79(58,59)60)16-29(20)49-52-32-10-22(19-56)30(17-35(32)77-6-4-8-80(61,62)63)50-54-44-48-39-37(84(73,74)75)15-25-26(41(39)78-44)11-23(81(64,65)66)14-36(25)83(70,71)72/h9-17,19,57H,3-8H2,1-2H3,(H,58,59,60)(H,61,62,63)(H,64,65,66)(H,67,68,69)(H,70,71,72)(H,73,74,75). The Kier molecular flexibility index (Phi) is 17.5. The molecule has 0 saturated carbocycles. The van der Waals surface area contributed by atoms with Crippen molar-refractivity contribution in [3.63, 3.8) is 0 Å². The number of hydrogen-bond acceptors (Lipinski definition) is 26. The van der Waals surface area contributed by atoms with E-state index in [1.807, 2.05) is 6.07 Å². The van der Waals surface area contributed by atoms with Crippen LogP contribution in [0.15, 0.2) is 110 Å². The monoisotopic (exact) mass is 1330 g/mol. The second kappa shape index (κ2) is 23.4. The number of halogens is 1. The molecular weight excluding hydrogens is 1300 g/mol. The number of nitriles is 1. The molecule has 31 nitrogen and oxygen atoms in total. The topological polar surface area (TPSA) is 501 Å². The van der Waals surface area contributed by atoms with Crippen molar-refractivity contribution >= 4 is 173 Å². The van der Waals surface area contributed by atoms with E-state index in [9.17, 15) is 93.0 Å². The largest absolute Gasteiger partial charge is 0.493 e. The van der Waals surface area contributed by atoms with E-state index in [2.05, 4.69) is 40.7 Å². The van der Waals surface area contributed by atoms with Gasteiger partial charge >= 0.3 is 0 Å². The van der Waals surface area contributed by atoms with Gasteiger partial charge in [-0.3, -0.25) is 36.5 Å². The molecule has 7 N–H and O–H groups in total. The molecule has 0 aliphatic rings. The third-order valence-corrected chi connectivity index (χ3v) is 19.1. The minimum absolute atomic E-state index is 0.0218. The van der Waals surface area contributed by atoms with Crippen LogP contribution in [-0.2, 0) is 60.7 Å². The van der Waals surface area contributed by atoms with Crippen LogP contribution in [0.2, 0.25) is 5.02 Å². The zero-order chi connectivity index (χ0) is 61.8. The van der Waals surface area contributed by atoms with Gasteiger partial charge in [0.2, 0.25) is 11.0 Å². The molecule has 5 aromatic carbocycles. The van der Waals surface area contributed by atoms with Gasteiger partial charge in [-0.1, -0.05) is 22.9 Å². The smallest absolute Gasteiger partial charge is 0.296 e. The van der Waals surface area contributed by atoms with Crippen LogP contribution >= 0.6 is 34.7 Å². The number of nitrogens with zero attached hydrogens (tertiary/aromatic N) is 10. The summed E-state index contributed by atoms with van der Waals surface area (Å²) in [5, 5.41) is 45.2. The molecule has 0 spiro atoms. The summed E-state index contributed by atoms with van der Waals surface area (Å²) >= 11 is 7.81. The van der Waals surface area contributed by atoms with Crippen molar-refractivity contribution in [1.82, 2.24) is 14.4 Å². The molecule has 442 valence electrons. The number of pyridine rings is 1. The number of imidazole rings is 1. The molecule has 0 aliphatic heterocycles. The highest BCUT2D eigenvalue weighted by atomic mass is 35.5. The number of carbonyl (C=O) groups is 1. The number of ether oxygens (including phenoxy) is 1. The average Bonchev–Trinajstić information content (AvgIpc) is 1.80. The Hall–Kier alpha value is -7.14. The van der Waals surface area contributed by atoms with Gasteiger partial charge in [-0.15, -0.1) is 37.3 Å². The lowest BCUT2D eigenvalue weighted by atomic mass is 10.1. The van der Waals surface area contributed by atoms with E-state index in [-0.39, 0.29) is 113 Å². The average molecular weight is 1330 g/mol. The molecular formula is C44H35ClN10O21S8. The number of aromatic nitrogens is 3. The van der Waals surface area contributed by atoms with Crippen molar-refractivity contribution in [2.24, 2.45) is 30.7 Å². The van der Waals surface area contributed by atoms with E-state index >= 15 is 0 Å². The molecule has 0 radical (unpaired) electrons. The first-order chi connectivity index (χ1) is 39.0. The fraction of sp³-hybridized carbons (Fsp3) is 0.182. The summed E-state index contributed by atoms with van der Waals surface area (Å²) in [5.41, 5.74) is -1.84. The van der Waals surface area contributed by atoms with Crippen LogP contribution in [0, 0.1) is 25.2 Å². The van der Waals surface area contributed by atoms with Crippen LogP contribution in [0.5, 0.6) is 11.6 Å². The lowest BCUT2D eigenvalue weighted by Crippen LogP contribution is -2.08. The number of azo groups is 3. The second-order valence-corrected chi connectivity index (χ2v) is 28.8. The van der Waals surface area contributed by atoms with Crippen molar-refractivity contribution in [3.8, 4) is 17.7 Å². The quantitative estimate of drug-likeness (QED) is 0.0116. The number of fused-ring (bicyclic) bond motifs is 6. The molecule has 0 aliphatic carbocycles. The van der Waals surface area contributed by atoms with Gasteiger partial charge in [-0.25, -0.2) is 9.97 Å². The predicted octanol–water partition coefficient (Wildman–Crippen LogP) is 9.17. The van der Waals surface area contributed by atoms with Gasteiger partial charge in [0.25, 0.3) is 60.7 Å². The molecule has 0 atom stereocenters. The third kappa shape index (κ3) is 13.8. The highest BCUT2D eigenvalue weighted by molar-refractivity contribution is 7.99. The van der Waals surface area contributed by atoms with Gasteiger partial charge in [0.15, 0.2) is 17.6 Å². The molecule has 3 aromatic heterocycles. The zero-order valence-corrected chi connectivity index (χ0v) is 49.3. The fourth-order valence-corrected chi connectivity index (χ4v) is 13.9. The summed E-state index contributed by atoms with van der Waals surface area (Å²) < 4.78 is 209. The third-order valence-electron chi connectivity index (χ3n) is 11.7. The van der Waals surface area contributed by atoms with E-state index in [1.165, 1.54) is 38.1 Å². The van der Waals surface area contributed by atoms with Gasteiger partial charge in [-0.2, -0.15) is 60.9 Å². The first kappa shape index (κ1) is 62.9. The number of aromatic hydroxyl groups is 1. The zero-order valence-electron chi connectivity index (χ0n) is 42.0. The number of aryl methyl sites for hydroxylation is 1. The van der Waals surface area contributed by atoms with E-state index in [0.29, 0.717) is 29.8 Å². The summed E-state index contributed by atoms with van der Waals surface area (Å²) in [5.74, 6) is -2.28. The molecule has 0 amide bonds. The lowest BCUT2D eigenvalue weighted by molar-refractivity contribution is 0.112. The molecule has 0 fully saturated rings. The Morgan fingerprint density at radius 2 is 1.31 bits per heavy atom. The second-order valence-electron chi connectivity index (χ2n) is 17.5. The Morgan fingerprint density at radius 3 is 1.93 bits per heavy atom. The SMILES string of the molecule is Cc1cc(N=Nc2c(C)c(C#N)c3nc4cc(S(=O)(=O)O)cc(Cl)c4n3c2O)c(OCCCS(=O)(=O)O)cc1N=Nc1cc(C=O)c(N=Nc2nc3c(S(=O)(=O)O)cc4c(S(=O)(=O)O)cc(S(=O)(=O)O)cc4c3s2)cc1SCCCS(=O)(=O)O. The number of carbonyl (C=O) groups excluding carboxylic acids is 1. The summed E-state index contributed by atoms with van der Waals surface area (Å²) in [6.07, 6.45) is -0.0919. The Labute approximate surface area is 486 Å². The molecule has 0 unspecified atom stereocenters. The number of benzene rings is 5. The number of aldehydes is 1. The minimum Gasteiger partial charge on any atom is -0.493 e. The van der Waals surface area contributed by atoms with Crippen molar-refractivity contribution in [2.45, 2.75) is 51.2 Å². The highest BCUT2D eigenvalue weighted by Gasteiger charge is 2.29. The normalized spacial score (nSPS) is 13.2. The summed E-state index contributed by atoms with van der Waals surface area (Å²) in [4.78, 5) is 17.3. The van der Waals surface area contributed by atoms with E-state index in [0.717, 1.165) is 34.4 Å². The number of thiazole rings is 1. The maximum Gasteiger partial charge on any atom is 0.296 e. The molecule has 0 saturated heterocycles.